The molecular formula is C23H25N3S2. The summed E-state index contributed by atoms with van der Waals surface area (Å²) in [6.07, 6.45) is 10.6. The Hall–Kier alpha value is -1.82. The monoisotopic (exact) mass is 407 g/mol. The number of allylic oxidation sites excluding steroid dienone is 2. The van der Waals surface area contributed by atoms with Gasteiger partial charge in [-0.2, -0.15) is 0 Å². The molecule has 0 spiro atoms. The van der Waals surface area contributed by atoms with Crippen LogP contribution >= 0.6 is 23.1 Å². The maximum Gasteiger partial charge on any atom is 0.0811 e. The Bertz CT molecular complexity index is 917. The molecule has 0 aliphatic carbocycles. The third-order valence-electron chi connectivity index (χ3n) is 5.90. The molecule has 144 valence electrons. The minimum Gasteiger partial charge on any atom is -0.344 e. The van der Waals surface area contributed by atoms with Crippen molar-refractivity contribution in [1.82, 2.24) is 14.8 Å². The lowest BCUT2D eigenvalue weighted by molar-refractivity contribution is 0.185. The lowest BCUT2D eigenvalue weighted by Gasteiger charge is -2.39. The molecule has 0 amide bonds. The third-order valence-corrected chi connectivity index (χ3v) is 7.58. The fourth-order valence-electron chi connectivity index (χ4n) is 4.28. The molecule has 28 heavy (non-hydrogen) atoms. The summed E-state index contributed by atoms with van der Waals surface area (Å²) in [5.74, 6) is 1.10. The lowest BCUT2D eigenvalue weighted by Crippen LogP contribution is -2.41. The van der Waals surface area contributed by atoms with Crippen molar-refractivity contribution in [3.05, 3.63) is 75.2 Å². The predicted octanol–water partition coefficient (Wildman–Crippen LogP) is 5.16. The summed E-state index contributed by atoms with van der Waals surface area (Å²) in [6.45, 7) is 2.40. The second kappa shape index (κ2) is 7.90. The molecule has 2 aromatic rings. The molecule has 4 heterocycles. The number of hydrogen-bond donors (Lipinski definition) is 0. The largest absolute Gasteiger partial charge is 0.344 e. The van der Waals surface area contributed by atoms with Crippen molar-refractivity contribution in [3.8, 4) is 11.3 Å². The smallest absolute Gasteiger partial charge is 0.0811 e. The number of aromatic nitrogens is 1. The quantitative estimate of drug-likeness (QED) is 0.697. The van der Waals surface area contributed by atoms with Crippen LogP contribution in [0.5, 0.6) is 0 Å². The fraction of sp³-hybridized carbons (Fsp3) is 0.348. The van der Waals surface area contributed by atoms with Crippen LogP contribution < -0.4 is 0 Å². The standard InChI is InChI=1S/C23H25N3S2/c1-25-10-7-20(8-11-25)26-12-6-19(23-22(26)9-13-28-23)14-17-2-4-18(5-3-17)21-15-27-16-24-21/h2-6,9,12,15-16,20H,7-8,10-11,13-14H2,1H3. The Kier molecular flexibility index (Phi) is 5.14. The molecule has 0 unspecified atom stereocenters. The molecule has 1 saturated heterocycles. The van der Waals surface area contributed by atoms with Gasteiger partial charge in [0.1, 0.15) is 0 Å². The molecular weight excluding hydrogens is 382 g/mol. The molecule has 3 nitrogen and oxygen atoms in total. The third kappa shape index (κ3) is 3.59. The highest BCUT2D eigenvalue weighted by molar-refractivity contribution is 8.03. The zero-order chi connectivity index (χ0) is 18.9. The molecule has 1 aromatic heterocycles. The molecule has 0 bridgehead atoms. The van der Waals surface area contributed by atoms with E-state index in [4.69, 9.17) is 0 Å². The summed E-state index contributed by atoms with van der Waals surface area (Å²) in [5.41, 5.74) is 8.44. The lowest BCUT2D eigenvalue weighted by atomic mass is 9.97. The van der Waals surface area contributed by atoms with Crippen LogP contribution in [-0.2, 0) is 6.42 Å². The highest BCUT2D eigenvalue weighted by Crippen LogP contribution is 2.42. The van der Waals surface area contributed by atoms with Crippen molar-refractivity contribution in [3.63, 3.8) is 0 Å². The molecule has 0 N–H and O–H groups in total. The maximum atomic E-state index is 4.41. The van der Waals surface area contributed by atoms with Crippen LogP contribution in [-0.4, -0.2) is 46.7 Å². The van der Waals surface area contributed by atoms with Crippen molar-refractivity contribution >= 4 is 23.1 Å². The van der Waals surface area contributed by atoms with E-state index in [2.05, 4.69) is 69.8 Å². The van der Waals surface area contributed by atoms with E-state index in [1.54, 1.807) is 11.3 Å². The Morgan fingerprint density at radius 1 is 1.14 bits per heavy atom. The number of thioether (sulfide) groups is 1. The van der Waals surface area contributed by atoms with Gasteiger partial charge in [-0.1, -0.05) is 24.3 Å². The summed E-state index contributed by atoms with van der Waals surface area (Å²) in [7, 11) is 2.23. The minimum atomic E-state index is 0.645. The van der Waals surface area contributed by atoms with Crippen molar-refractivity contribution < 1.29 is 0 Å². The summed E-state index contributed by atoms with van der Waals surface area (Å²) < 4.78 is 0. The van der Waals surface area contributed by atoms with Gasteiger partial charge in [-0.25, -0.2) is 4.98 Å². The average molecular weight is 408 g/mol. The van der Waals surface area contributed by atoms with Crippen LogP contribution in [0.3, 0.4) is 0 Å². The number of likely N-dealkylation sites (tertiary alicyclic amines) is 1. The molecule has 3 aliphatic heterocycles. The number of thiazole rings is 1. The predicted molar refractivity (Wildman–Crippen MR) is 120 cm³/mol. The van der Waals surface area contributed by atoms with Crippen molar-refractivity contribution in [2.75, 3.05) is 25.9 Å². The first-order valence-corrected chi connectivity index (χ1v) is 11.9. The van der Waals surface area contributed by atoms with Crippen LogP contribution in [0, 0.1) is 0 Å². The van der Waals surface area contributed by atoms with Crippen LogP contribution in [0.1, 0.15) is 18.4 Å². The fourth-order valence-corrected chi connectivity index (χ4v) is 5.91. The van der Waals surface area contributed by atoms with Gasteiger partial charge in [0.2, 0.25) is 0 Å². The number of rotatable bonds is 4. The summed E-state index contributed by atoms with van der Waals surface area (Å²) >= 11 is 3.64. The van der Waals surface area contributed by atoms with Gasteiger partial charge in [0, 0.05) is 33.8 Å². The number of fused-ring (bicyclic) bond motifs is 1. The van der Waals surface area contributed by atoms with Crippen molar-refractivity contribution in [2.24, 2.45) is 0 Å². The highest BCUT2D eigenvalue weighted by Gasteiger charge is 2.30. The van der Waals surface area contributed by atoms with Crippen LogP contribution in [0.4, 0.5) is 0 Å². The normalized spacial score (nSPS) is 20.6. The van der Waals surface area contributed by atoms with Crippen molar-refractivity contribution in [1.29, 1.82) is 0 Å². The summed E-state index contributed by atoms with van der Waals surface area (Å²) in [6, 6.07) is 9.55. The molecule has 1 aromatic carbocycles. The Morgan fingerprint density at radius 3 is 2.71 bits per heavy atom. The zero-order valence-electron chi connectivity index (χ0n) is 16.2. The Morgan fingerprint density at radius 2 is 1.96 bits per heavy atom. The summed E-state index contributed by atoms with van der Waals surface area (Å²) in [5, 5.41) is 2.10. The van der Waals surface area contributed by atoms with Gasteiger partial charge in [0.05, 0.1) is 16.9 Å². The van der Waals surface area contributed by atoms with E-state index in [1.165, 1.54) is 53.2 Å². The second-order valence-corrected chi connectivity index (χ2v) is 9.51. The van der Waals surface area contributed by atoms with E-state index < -0.39 is 0 Å². The van der Waals surface area contributed by atoms with Crippen molar-refractivity contribution in [2.45, 2.75) is 25.3 Å². The van der Waals surface area contributed by atoms with Crippen LogP contribution in [0.25, 0.3) is 11.3 Å². The minimum absolute atomic E-state index is 0.645. The first-order valence-electron chi connectivity index (χ1n) is 9.97. The first kappa shape index (κ1) is 18.2. The number of piperidine rings is 1. The van der Waals surface area contributed by atoms with E-state index in [1.807, 2.05) is 17.3 Å². The van der Waals surface area contributed by atoms with E-state index in [0.717, 1.165) is 17.9 Å². The van der Waals surface area contributed by atoms with E-state index in [9.17, 15) is 0 Å². The second-order valence-electron chi connectivity index (χ2n) is 7.76. The zero-order valence-corrected chi connectivity index (χ0v) is 17.8. The van der Waals surface area contributed by atoms with Gasteiger partial charge >= 0.3 is 0 Å². The number of hydrogen-bond acceptors (Lipinski definition) is 5. The van der Waals surface area contributed by atoms with Crippen LogP contribution in [0.15, 0.2) is 69.7 Å². The van der Waals surface area contributed by atoms with E-state index in [-0.39, 0.29) is 0 Å². The van der Waals surface area contributed by atoms with Gasteiger partial charge in [0.15, 0.2) is 0 Å². The topological polar surface area (TPSA) is 19.4 Å². The molecule has 5 rings (SSSR count). The van der Waals surface area contributed by atoms with Gasteiger partial charge in [-0.3, -0.25) is 0 Å². The summed E-state index contributed by atoms with van der Waals surface area (Å²) in [4.78, 5) is 10.9. The Labute approximate surface area is 175 Å². The molecule has 1 fully saturated rings. The van der Waals surface area contributed by atoms with Gasteiger partial charge in [-0.05, 0) is 62.7 Å². The average Bonchev–Trinajstić information content (AvgIpc) is 3.42. The molecule has 0 saturated carbocycles. The highest BCUT2D eigenvalue weighted by atomic mass is 32.2. The first-order chi connectivity index (χ1) is 13.8. The molecule has 5 heteroatoms. The SMILES string of the molecule is CN1CCC(N2C=CC(Cc3ccc(-c4cscn4)cc3)=C3SCC=C32)CC1. The molecule has 3 aliphatic rings. The molecule has 0 atom stereocenters. The van der Waals surface area contributed by atoms with Crippen LogP contribution in [0.2, 0.25) is 0 Å². The van der Waals surface area contributed by atoms with E-state index in [0.29, 0.717) is 6.04 Å². The Balaban J connectivity index is 1.33. The van der Waals surface area contributed by atoms with E-state index >= 15 is 0 Å². The van der Waals surface area contributed by atoms with Gasteiger partial charge in [-0.15, -0.1) is 23.1 Å². The number of benzene rings is 1. The maximum absolute atomic E-state index is 4.41. The number of nitrogens with zero attached hydrogens (tertiary/aromatic N) is 3. The van der Waals surface area contributed by atoms with Gasteiger partial charge in [0.25, 0.3) is 0 Å². The van der Waals surface area contributed by atoms with Gasteiger partial charge < -0.3 is 9.80 Å². The molecule has 0 radical (unpaired) electrons.